The Kier molecular flexibility index (Phi) is 5.09. The molecule has 2 heterocycles. The molecule has 0 aliphatic carbocycles. The summed E-state index contributed by atoms with van der Waals surface area (Å²) in [4.78, 5) is 17.5. The highest BCUT2D eigenvalue weighted by molar-refractivity contribution is 7.98. The molecule has 0 saturated heterocycles. The lowest BCUT2D eigenvalue weighted by Crippen LogP contribution is -2.15. The van der Waals surface area contributed by atoms with Gasteiger partial charge in [-0.15, -0.1) is 5.10 Å². The van der Waals surface area contributed by atoms with Crippen molar-refractivity contribution < 1.29 is 9.21 Å². The number of hydrogen-bond acceptors (Lipinski definition) is 5. The van der Waals surface area contributed by atoms with E-state index in [1.165, 1.54) is 16.4 Å². The first-order valence-electron chi connectivity index (χ1n) is 8.19. The van der Waals surface area contributed by atoms with E-state index in [9.17, 15) is 4.79 Å². The van der Waals surface area contributed by atoms with Crippen LogP contribution in [-0.2, 0) is 5.75 Å². The number of hydrogen-bond donors (Lipinski definition) is 0. The second-order valence-electron chi connectivity index (χ2n) is 5.67. The number of thioether (sulfide) groups is 1. The molecular weight excluding hydrogens is 382 g/mol. The van der Waals surface area contributed by atoms with Gasteiger partial charge in [0.15, 0.2) is 10.9 Å². The molecule has 0 N–H and O–H groups in total. The van der Waals surface area contributed by atoms with Crippen LogP contribution in [0.2, 0.25) is 5.02 Å². The minimum Gasteiger partial charge on any atom is -0.461 e. The molecule has 7 heteroatoms. The third-order valence-corrected chi connectivity index (χ3v) is 5.16. The lowest BCUT2D eigenvalue weighted by molar-refractivity contribution is 0.0934. The van der Waals surface area contributed by atoms with Crippen LogP contribution in [0.1, 0.15) is 15.9 Å². The maximum absolute atomic E-state index is 13.0. The van der Waals surface area contributed by atoms with Gasteiger partial charge in [-0.05, 0) is 29.8 Å². The van der Waals surface area contributed by atoms with Gasteiger partial charge in [-0.25, -0.2) is 0 Å². The quantitative estimate of drug-likeness (QED) is 0.436. The standard InChI is InChI=1S/C20H14ClN3O2S/c21-16-10-5-4-9-15(16)19(25)24-20(27-13-14-7-2-1-3-8-14)22-18(23-24)17-11-6-12-26-17/h1-12H,13H2. The fourth-order valence-electron chi connectivity index (χ4n) is 2.50. The maximum Gasteiger partial charge on any atom is 0.282 e. The first-order chi connectivity index (χ1) is 13.2. The zero-order valence-corrected chi connectivity index (χ0v) is 15.7. The van der Waals surface area contributed by atoms with Crippen LogP contribution in [0.4, 0.5) is 0 Å². The molecule has 0 radical (unpaired) electrons. The van der Waals surface area contributed by atoms with Gasteiger partial charge in [0, 0.05) is 5.75 Å². The molecule has 2 aromatic carbocycles. The van der Waals surface area contributed by atoms with Crippen molar-refractivity contribution in [1.29, 1.82) is 0 Å². The lowest BCUT2D eigenvalue weighted by Gasteiger charge is -2.06. The first kappa shape index (κ1) is 17.6. The molecule has 4 aromatic rings. The molecule has 0 atom stereocenters. The molecule has 0 spiro atoms. The molecule has 0 fully saturated rings. The Labute approximate surface area is 165 Å². The monoisotopic (exact) mass is 395 g/mol. The highest BCUT2D eigenvalue weighted by Gasteiger charge is 2.21. The number of rotatable bonds is 5. The van der Waals surface area contributed by atoms with Crippen LogP contribution < -0.4 is 0 Å². The van der Waals surface area contributed by atoms with Crippen LogP contribution in [0.25, 0.3) is 11.6 Å². The fraction of sp³-hybridized carbons (Fsp3) is 0.0500. The second-order valence-corrected chi connectivity index (χ2v) is 7.02. The van der Waals surface area contributed by atoms with Gasteiger partial charge in [0.05, 0.1) is 16.8 Å². The van der Waals surface area contributed by atoms with Gasteiger partial charge in [0.25, 0.3) is 5.91 Å². The number of benzene rings is 2. The molecule has 27 heavy (non-hydrogen) atoms. The van der Waals surface area contributed by atoms with Gasteiger partial charge >= 0.3 is 0 Å². The number of furan rings is 1. The minimum atomic E-state index is -0.332. The topological polar surface area (TPSA) is 60.9 Å². The van der Waals surface area contributed by atoms with Gasteiger partial charge < -0.3 is 4.42 Å². The summed E-state index contributed by atoms with van der Waals surface area (Å²) in [7, 11) is 0. The summed E-state index contributed by atoms with van der Waals surface area (Å²) in [6, 6.07) is 20.4. The van der Waals surface area contributed by atoms with Crippen molar-refractivity contribution in [3.8, 4) is 11.6 Å². The third-order valence-electron chi connectivity index (χ3n) is 3.83. The molecule has 0 aliphatic rings. The van der Waals surface area contributed by atoms with Gasteiger partial charge in [-0.2, -0.15) is 9.67 Å². The Balaban J connectivity index is 1.70. The van der Waals surface area contributed by atoms with E-state index in [0.29, 0.717) is 33.1 Å². The molecule has 134 valence electrons. The first-order valence-corrected chi connectivity index (χ1v) is 9.55. The number of halogens is 1. The van der Waals surface area contributed by atoms with Crippen LogP contribution in [0, 0.1) is 0 Å². The maximum atomic E-state index is 13.0. The van der Waals surface area contributed by atoms with Crippen molar-refractivity contribution in [2.75, 3.05) is 0 Å². The fourth-order valence-corrected chi connectivity index (χ4v) is 3.61. The molecule has 5 nitrogen and oxygen atoms in total. The number of nitrogens with zero attached hydrogens (tertiary/aromatic N) is 3. The van der Waals surface area contributed by atoms with E-state index in [4.69, 9.17) is 16.0 Å². The zero-order chi connectivity index (χ0) is 18.6. The van der Waals surface area contributed by atoms with Gasteiger partial charge in [-0.3, -0.25) is 4.79 Å². The van der Waals surface area contributed by atoms with Crippen LogP contribution in [0.5, 0.6) is 0 Å². The van der Waals surface area contributed by atoms with Gasteiger partial charge in [0.2, 0.25) is 5.82 Å². The van der Waals surface area contributed by atoms with Crippen molar-refractivity contribution in [2.45, 2.75) is 10.9 Å². The summed E-state index contributed by atoms with van der Waals surface area (Å²) < 4.78 is 6.66. The van der Waals surface area contributed by atoms with E-state index >= 15 is 0 Å². The van der Waals surface area contributed by atoms with E-state index in [2.05, 4.69) is 10.1 Å². The van der Waals surface area contributed by atoms with Crippen LogP contribution in [0.15, 0.2) is 82.6 Å². The molecular formula is C20H14ClN3O2S. The summed E-state index contributed by atoms with van der Waals surface area (Å²) in [5.74, 6) is 1.19. The van der Waals surface area contributed by atoms with Crippen molar-refractivity contribution in [3.05, 3.63) is 89.1 Å². The van der Waals surface area contributed by atoms with Crippen LogP contribution in [-0.4, -0.2) is 20.7 Å². The van der Waals surface area contributed by atoms with E-state index in [-0.39, 0.29) is 5.91 Å². The SMILES string of the molecule is O=C(c1ccccc1Cl)n1nc(-c2ccco2)nc1SCc1ccccc1. The highest BCUT2D eigenvalue weighted by Crippen LogP contribution is 2.26. The summed E-state index contributed by atoms with van der Waals surface area (Å²) in [6.45, 7) is 0. The Morgan fingerprint density at radius 1 is 1.04 bits per heavy atom. The zero-order valence-electron chi connectivity index (χ0n) is 14.1. The average Bonchev–Trinajstić information content (AvgIpc) is 3.37. The average molecular weight is 396 g/mol. The van der Waals surface area contributed by atoms with E-state index in [1.54, 1.807) is 42.7 Å². The van der Waals surface area contributed by atoms with Gasteiger partial charge in [0.1, 0.15) is 0 Å². The number of carbonyl (C=O) groups excluding carboxylic acids is 1. The lowest BCUT2D eigenvalue weighted by atomic mass is 10.2. The predicted octanol–water partition coefficient (Wildman–Crippen LogP) is 5.17. The Morgan fingerprint density at radius 3 is 2.56 bits per heavy atom. The van der Waals surface area contributed by atoms with Crippen molar-refractivity contribution in [1.82, 2.24) is 14.8 Å². The molecule has 0 saturated carbocycles. The summed E-state index contributed by atoms with van der Waals surface area (Å²) >= 11 is 7.62. The molecule has 0 amide bonds. The minimum absolute atomic E-state index is 0.332. The molecule has 0 unspecified atom stereocenters. The van der Waals surface area contributed by atoms with E-state index in [0.717, 1.165) is 5.56 Å². The Morgan fingerprint density at radius 2 is 1.81 bits per heavy atom. The van der Waals surface area contributed by atoms with Crippen LogP contribution >= 0.6 is 23.4 Å². The van der Waals surface area contributed by atoms with E-state index in [1.807, 2.05) is 30.3 Å². The smallest absolute Gasteiger partial charge is 0.282 e. The summed E-state index contributed by atoms with van der Waals surface area (Å²) in [6.07, 6.45) is 1.54. The van der Waals surface area contributed by atoms with Crippen molar-refractivity contribution in [3.63, 3.8) is 0 Å². The number of carbonyl (C=O) groups is 1. The second kappa shape index (κ2) is 7.82. The van der Waals surface area contributed by atoms with Gasteiger partial charge in [-0.1, -0.05) is 65.8 Å². The summed E-state index contributed by atoms with van der Waals surface area (Å²) in [5.41, 5.74) is 1.50. The predicted molar refractivity (Wildman–Crippen MR) is 105 cm³/mol. The van der Waals surface area contributed by atoms with Crippen molar-refractivity contribution >= 4 is 29.3 Å². The largest absolute Gasteiger partial charge is 0.461 e. The van der Waals surface area contributed by atoms with Crippen LogP contribution in [0.3, 0.4) is 0 Å². The summed E-state index contributed by atoms with van der Waals surface area (Å²) in [5, 5.41) is 5.22. The Bertz CT molecular complexity index is 1060. The molecule has 0 bridgehead atoms. The Hall–Kier alpha value is -2.83. The number of aromatic nitrogens is 3. The van der Waals surface area contributed by atoms with E-state index < -0.39 is 0 Å². The normalized spacial score (nSPS) is 10.9. The van der Waals surface area contributed by atoms with Crippen molar-refractivity contribution in [2.24, 2.45) is 0 Å². The molecule has 2 aromatic heterocycles. The molecule has 4 rings (SSSR count). The highest BCUT2D eigenvalue weighted by atomic mass is 35.5. The third kappa shape index (κ3) is 3.82. The molecule has 0 aliphatic heterocycles.